The second kappa shape index (κ2) is 8.02. The van der Waals surface area contributed by atoms with Crippen molar-refractivity contribution >= 4 is 35.0 Å². The van der Waals surface area contributed by atoms with Crippen molar-refractivity contribution in [2.24, 2.45) is 0 Å². The van der Waals surface area contributed by atoms with Gasteiger partial charge in [0.15, 0.2) is 0 Å². The quantitative estimate of drug-likeness (QED) is 0.676. The summed E-state index contributed by atoms with van der Waals surface area (Å²) in [6.45, 7) is 1.56. The summed E-state index contributed by atoms with van der Waals surface area (Å²) in [4.78, 5) is 18.4. The van der Waals surface area contributed by atoms with E-state index in [-0.39, 0.29) is 30.8 Å². The lowest BCUT2D eigenvalue weighted by molar-refractivity contribution is -0.137. The molecule has 1 amide bonds. The van der Waals surface area contributed by atoms with Crippen LogP contribution in [0.3, 0.4) is 0 Å². The smallest absolute Gasteiger partial charge is 0.368 e. The number of anilines is 3. The summed E-state index contributed by atoms with van der Waals surface area (Å²) in [7, 11) is 0. The van der Waals surface area contributed by atoms with Crippen molar-refractivity contribution in [3.63, 3.8) is 0 Å². The van der Waals surface area contributed by atoms with Gasteiger partial charge in [-0.15, -0.1) is 0 Å². The highest BCUT2D eigenvalue weighted by Gasteiger charge is 2.35. The molecule has 0 aliphatic rings. The molecule has 0 radical (unpaired) electrons. The molecule has 1 aromatic heterocycles. The summed E-state index contributed by atoms with van der Waals surface area (Å²) in [5.41, 5.74) is -0.455. The van der Waals surface area contributed by atoms with E-state index in [0.29, 0.717) is 16.9 Å². The van der Waals surface area contributed by atoms with Gasteiger partial charge in [0.2, 0.25) is 11.9 Å². The molecule has 0 spiro atoms. The molecule has 1 heterocycles. The molecule has 0 unspecified atom stereocenters. The number of alkyl halides is 3. The van der Waals surface area contributed by atoms with Gasteiger partial charge in [-0.05, 0) is 18.2 Å². The van der Waals surface area contributed by atoms with Crippen molar-refractivity contribution in [1.29, 1.82) is 0 Å². The summed E-state index contributed by atoms with van der Waals surface area (Å²) in [5, 5.41) is 8.29. The van der Waals surface area contributed by atoms with Crippen LogP contribution in [0.1, 0.15) is 12.5 Å². The van der Waals surface area contributed by atoms with Gasteiger partial charge in [-0.1, -0.05) is 17.7 Å². The van der Waals surface area contributed by atoms with Crippen molar-refractivity contribution in [2.45, 2.75) is 13.1 Å². The number of halogens is 4. The highest BCUT2D eigenvalue weighted by Crippen LogP contribution is 2.34. The van der Waals surface area contributed by atoms with E-state index < -0.39 is 11.7 Å². The number of nitrogens with one attached hydrogen (secondary N) is 3. The summed E-state index contributed by atoms with van der Waals surface area (Å²) >= 11 is 5.86. The molecule has 134 valence electrons. The molecular weight excluding hydrogens is 359 g/mol. The molecule has 1 aromatic carbocycles. The van der Waals surface area contributed by atoms with Crippen LogP contribution < -0.4 is 16.0 Å². The number of hydrogen-bond acceptors (Lipinski definition) is 5. The average molecular weight is 374 g/mol. The van der Waals surface area contributed by atoms with Gasteiger partial charge in [0.05, 0.1) is 0 Å². The van der Waals surface area contributed by atoms with Crippen LogP contribution in [0.5, 0.6) is 0 Å². The maximum Gasteiger partial charge on any atom is 0.421 e. The number of benzene rings is 1. The molecule has 0 atom stereocenters. The third-order valence-corrected chi connectivity index (χ3v) is 3.20. The van der Waals surface area contributed by atoms with E-state index in [4.69, 9.17) is 11.6 Å². The summed E-state index contributed by atoms with van der Waals surface area (Å²) < 4.78 is 39.2. The largest absolute Gasteiger partial charge is 0.421 e. The van der Waals surface area contributed by atoms with Crippen LogP contribution >= 0.6 is 11.6 Å². The van der Waals surface area contributed by atoms with E-state index in [1.807, 2.05) is 0 Å². The Balaban J connectivity index is 2.19. The van der Waals surface area contributed by atoms with Gasteiger partial charge in [0, 0.05) is 36.9 Å². The molecule has 10 heteroatoms. The second-order valence-electron chi connectivity index (χ2n) is 5.00. The monoisotopic (exact) mass is 373 g/mol. The van der Waals surface area contributed by atoms with Crippen LogP contribution in [-0.4, -0.2) is 29.0 Å². The van der Waals surface area contributed by atoms with Crippen LogP contribution in [-0.2, 0) is 11.0 Å². The van der Waals surface area contributed by atoms with Crippen LogP contribution in [0.4, 0.5) is 30.6 Å². The Kier molecular flexibility index (Phi) is 6.02. The van der Waals surface area contributed by atoms with Gasteiger partial charge < -0.3 is 16.0 Å². The SMILES string of the molecule is CC(=O)NCCNc1nc(Nc2cccc(Cl)c2)ncc1C(F)(F)F. The number of carbonyl (C=O) groups is 1. The lowest BCUT2D eigenvalue weighted by Gasteiger charge is -2.15. The topological polar surface area (TPSA) is 78.9 Å². The molecule has 0 bridgehead atoms. The lowest BCUT2D eigenvalue weighted by atomic mass is 10.3. The average Bonchev–Trinajstić information content (AvgIpc) is 2.50. The second-order valence-corrected chi connectivity index (χ2v) is 5.44. The molecule has 0 fully saturated rings. The van der Waals surface area contributed by atoms with Gasteiger partial charge in [-0.3, -0.25) is 4.79 Å². The third kappa shape index (κ3) is 5.79. The van der Waals surface area contributed by atoms with Gasteiger partial charge in [0.25, 0.3) is 0 Å². The first-order valence-electron chi connectivity index (χ1n) is 7.21. The summed E-state index contributed by atoms with van der Waals surface area (Å²) in [5.74, 6) is -0.668. The third-order valence-electron chi connectivity index (χ3n) is 2.97. The van der Waals surface area contributed by atoms with Crippen molar-refractivity contribution in [3.8, 4) is 0 Å². The molecular formula is C15H15ClF3N5O. The first-order chi connectivity index (χ1) is 11.8. The van der Waals surface area contributed by atoms with E-state index in [1.165, 1.54) is 6.92 Å². The molecule has 3 N–H and O–H groups in total. The lowest BCUT2D eigenvalue weighted by Crippen LogP contribution is -2.27. The Morgan fingerprint density at radius 1 is 1.28 bits per heavy atom. The van der Waals surface area contributed by atoms with Crippen LogP contribution in [0, 0.1) is 0 Å². The Labute approximate surface area is 146 Å². The van der Waals surface area contributed by atoms with Gasteiger partial charge in [-0.25, -0.2) is 4.98 Å². The van der Waals surface area contributed by atoms with E-state index in [0.717, 1.165) is 0 Å². The van der Waals surface area contributed by atoms with E-state index >= 15 is 0 Å². The van der Waals surface area contributed by atoms with Gasteiger partial charge >= 0.3 is 6.18 Å². The van der Waals surface area contributed by atoms with Crippen LogP contribution in [0.2, 0.25) is 5.02 Å². The minimum atomic E-state index is -4.61. The van der Waals surface area contributed by atoms with E-state index in [2.05, 4.69) is 25.9 Å². The molecule has 2 aromatic rings. The maximum absolute atomic E-state index is 13.1. The Hall–Kier alpha value is -2.55. The Morgan fingerprint density at radius 3 is 2.68 bits per heavy atom. The normalized spacial score (nSPS) is 11.1. The zero-order valence-corrected chi connectivity index (χ0v) is 13.9. The van der Waals surface area contributed by atoms with Crippen molar-refractivity contribution in [1.82, 2.24) is 15.3 Å². The zero-order valence-electron chi connectivity index (χ0n) is 13.1. The molecule has 6 nitrogen and oxygen atoms in total. The number of hydrogen-bond donors (Lipinski definition) is 3. The Morgan fingerprint density at radius 2 is 2.04 bits per heavy atom. The standard InChI is InChI=1S/C15H15ClF3N5O/c1-9(25)20-5-6-21-13-12(15(17,18)19)8-22-14(24-13)23-11-4-2-3-10(16)7-11/h2-4,7-8H,5-6H2,1H3,(H,20,25)(H2,21,22,23,24). The van der Waals surface area contributed by atoms with Crippen LogP contribution in [0.25, 0.3) is 0 Å². The predicted octanol–water partition coefficient (Wildman–Crippen LogP) is 3.44. The fourth-order valence-corrected chi connectivity index (χ4v) is 2.09. The first-order valence-corrected chi connectivity index (χ1v) is 7.58. The fraction of sp³-hybridized carbons (Fsp3) is 0.267. The van der Waals surface area contributed by atoms with Crippen molar-refractivity contribution in [3.05, 3.63) is 41.0 Å². The highest BCUT2D eigenvalue weighted by atomic mass is 35.5. The van der Waals surface area contributed by atoms with Crippen molar-refractivity contribution in [2.75, 3.05) is 23.7 Å². The van der Waals surface area contributed by atoms with Gasteiger partial charge in [-0.2, -0.15) is 18.2 Å². The fourth-order valence-electron chi connectivity index (χ4n) is 1.90. The number of aromatic nitrogens is 2. The van der Waals surface area contributed by atoms with E-state index in [9.17, 15) is 18.0 Å². The van der Waals surface area contributed by atoms with Gasteiger partial charge in [0.1, 0.15) is 11.4 Å². The zero-order chi connectivity index (χ0) is 18.4. The number of nitrogens with zero attached hydrogens (tertiary/aromatic N) is 2. The molecule has 2 rings (SSSR count). The number of rotatable bonds is 6. The minimum absolute atomic E-state index is 0.0164. The predicted molar refractivity (Wildman–Crippen MR) is 88.9 cm³/mol. The van der Waals surface area contributed by atoms with E-state index in [1.54, 1.807) is 24.3 Å². The highest BCUT2D eigenvalue weighted by molar-refractivity contribution is 6.30. The molecule has 0 aliphatic heterocycles. The van der Waals surface area contributed by atoms with Crippen LogP contribution in [0.15, 0.2) is 30.5 Å². The van der Waals surface area contributed by atoms with Crippen molar-refractivity contribution < 1.29 is 18.0 Å². The molecule has 0 aliphatic carbocycles. The maximum atomic E-state index is 13.1. The minimum Gasteiger partial charge on any atom is -0.368 e. The molecule has 0 saturated carbocycles. The summed E-state index contributed by atoms with van der Waals surface area (Å²) in [6.07, 6.45) is -3.91. The number of amides is 1. The number of carbonyl (C=O) groups excluding carboxylic acids is 1. The molecule has 25 heavy (non-hydrogen) atoms. The summed E-state index contributed by atoms with van der Waals surface area (Å²) in [6, 6.07) is 6.61. The first kappa shape index (κ1) is 18.8. The Bertz CT molecular complexity index is 754. The molecule has 0 saturated heterocycles.